The number of nitrogens with zero attached hydrogens (tertiary/aromatic N) is 1. The van der Waals surface area contributed by atoms with Crippen molar-refractivity contribution in [2.24, 2.45) is 0 Å². The molecule has 0 saturated heterocycles. The van der Waals surface area contributed by atoms with E-state index in [1.165, 1.54) is 13.5 Å². The van der Waals surface area contributed by atoms with Gasteiger partial charge < -0.3 is 16.7 Å². The normalized spacial score (nSPS) is 4.60. The fourth-order valence-corrected chi connectivity index (χ4v) is 0.182. The summed E-state index contributed by atoms with van der Waals surface area (Å²) >= 11 is 0. The Morgan fingerprint density at radius 1 is 1.40 bits per heavy atom. The Bertz CT molecular complexity index is 67.2. The summed E-state index contributed by atoms with van der Waals surface area (Å²) in [6, 6.07) is 0. The third-order valence-electron chi connectivity index (χ3n) is 0.311. The molecule has 2 radical (unpaired) electrons. The number of rotatable bonds is 2. The number of likely N-dealkylation sites (N-methyl/N-ethyl adjacent to an activating group) is 1. The zero-order chi connectivity index (χ0) is 4.99. The van der Waals surface area contributed by atoms with Gasteiger partial charge in [0, 0.05) is 72.0 Å². The van der Waals surface area contributed by atoms with E-state index < -0.39 is 0 Å². The van der Waals surface area contributed by atoms with Crippen molar-refractivity contribution in [2.45, 2.75) is 6.92 Å². The molecule has 6 heteroatoms. The molecule has 0 N–H and O–H groups in total. The Morgan fingerprint density at radius 2 is 1.70 bits per heavy atom. The molecule has 0 spiro atoms. The molecule has 0 amide bonds. The van der Waals surface area contributed by atoms with Gasteiger partial charge in [0.2, 0.25) is 0 Å². The molecule has 0 atom stereocenters. The summed E-state index contributed by atoms with van der Waals surface area (Å²) in [5, 5.41) is 3.46. The molecule has 0 saturated carbocycles. The van der Waals surface area contributed by atoms with Crippen LogP contribution in [0.25, 0.3) is 5.32 Å². The molecule has 0 aliphatic rings. The standard InChI is InChI=1S/C4H7NO.Rb.2Re.U/c1-4(6)3-5-2;;;;/h3H,1-2H3;;;;/q-2;+1;;;. The molecular formula is C4H7NORbRe2U-. The van der Waals surface area contributed by atoms with Crippen LogP contribution in [0, 0.1) is 37.7 Å². The van der Waals surface area contributed by atoms with Crippen molar-refractivity contribution in [1.29, 1.82) is 0 Å². The fraction of sp³-hybridized carbons (Fsp3) is 0.500. The van der Waals surface area contributed by atoms with Crippen LogP contribution in [0.4, 0.5) is 0 Å². The van der Waals surface area contributed by atoms with E-state index in [0.29, 0.717) is 0 Å². The monoisotopic (exact) mass is 782 g/mol. The molecule has 0 rings (SSSR count). The van der Waals surface area contributed by atoms with Gasteiger partial charge in [-0.2, -0.15) is 7.05 Å². The minimum absolute atomic E-state index is 0. The van der Waals surface area contributed by atoms with E-state index in [4.69, 9.17) is 0 Å². The number of carbonyl (C=O) groups excluding carboxylic acids is 1. The second-order valence-electron chi connectivity index (χ2n) is 0.998. The number of Topliss-reactive ketones (excluding diaryl/α,β-unsaturated/α-hetero) is 1. The van der Waals surface area contributed by atoms with Crippen molar-refractivity contribution in [3.8, 4) is 0 Å². The van der Waals surface area contributed by atoms with Crippen molar-refractivity contribution < 1.29 is 135 Å². The van der Waals surface area contributed by atoms with Crippen LogP contribution in [0.5, 0.6) is 0 Å². The Labute approximate surface area is 162 Å². The molecule has 0 heterocycles. The van der Waals surface area contributed by atoms with Gasteiger partial charge in [-0.1, -0.05) is 0 Å². The summed E-state index contributed by atoms with van der Waals surface area (Å²) in [5.41, 5.74) is 0. The zero-order valence-electron chi connectivity index (χ0n) is 6.19. The smallest absolute Gasteiger partial charge is 0.816 e. The van der Waals surface area contributed by atoms with E-state index in [-0.39, 0.29) is 136 Å². The topological polar surface area (TPSA) is 31.2 Å². The molecule has 0 aromatic rings. The maximum absolute atomic E-state index is 9.89. The van der Waals surface area contributed by atoms with Crippen LogP contribution in [0.2, 0.25) is 0 Å². The average Bonchev–Trinajstić information content (AvgIpc) is 1.35. The van der Waals surface area contributed by atoms with E-state index in [1.54, 1.807) is 7.05 Å². The Morgan fingerprint density at radius 3 is 1.70 bits per heavy atom. The summed E-state index contributed by atoms with van der Waals surface area (Å²) in [6.45, 7) is 2.74. The first-order valence-electron chi connectivity index (χ1n) is 1.70. The van der Waals surface area contributed by atoms with Gasteiger partial charge in [-0.3, -0.25) is 0 Å². The minimum Gasteiger partial charge on any atom is -0.816 e. The maximum Gasteiger partial charge on any atom is 1.00 e. The van der Waals surface area contributed by atoms with Gasteiger partial charge in [-0.15, -0.1) is 0 Å². The van der Waals surface area contributed by atoms with Crippen LogP contribution in [-0.4, -0.2) is 12.8 Å². The first-order chi connectivity index (χ1) is 2.77. The molecule has 0 aliphatic heterocycles. The van der Waals surface area contributed by atoms with E-state index >= 15 is 0 Å². The van der Waals surface area contributed by atoms with Crippen LogP contribution < -0.4 is 58.2 Å². The summed E-state index contributed by atoms with van der Waals surface area (Å²) in [7, 11) is 1.57. The summed E-state index contributed by atoms with van der Waals surface area (Å²) < 4.78 is 0. The average molecular weight is 781 g/mol. The second-order valence-corrected chi connectivity index (χ2v) is 0.998. The van der Waals surface area contributed by atoms with Crippen molar-refractivity contribution in [3.05, 3.63) is 11.9 Å². The molecule has 0 bridgehead atoms. The largest absolute Gasteiger partial charge is 1.00 e. The van der Waals surface area contributed by atoms with Crippen molar-refractivity contribution in [1.82, 2.24) is 0 Å². The molecule has 0 unspecified atom stereocenters. The van der Waals surface area contributed by atoms with Gasteiger partial charge in [-0.25, -0.2) is 0 Å². The van der Waals surface area contributed by atoms with Gasteiger partial charge >= 0.3 is 58.2 Å². The SMILES string of the molecule is C[N-][CH-]C(C)=O.[Rb+].[Re].[Re].[U]. The number of carbonyl (C=O) groups is 1. The molecule has 2 nitrogen and oxygen atoms in total. The van der Waals surface area contributed by atoms with Crippen molar-refractivity contribution in [2.75, 3.05) is 7.05 Å². The third-order valence-corrected chi connectivity index (χ3v) is 0.311. The van der Waals surface area contributed by atoms with E-state index in [2.05, 4.69) is 5.32 Å². The zero-order valence-corrected chi connectivity index (χ0v) is 20.7. The van der Waals surface area contributed by atoms with Gasteiger partial charge in [0.1, 0.15) is 0 Å². The summed E-state index contributed by atoms with van der Waals surface area (Å²) in [6.07, 6.45) is 0. The molecule has 0 aliphatic carbocycles. The van der Waals surface area contributed by atoms with Crippen molar-refractivity contribution in [3.63, 3.8) is 0 Å². The number of hydrogen-bond acceptors (Lipinski definition) is 1. The molecule has 0 aromatic carbocycles. The Kier molecular flexibility index (Phi) is 67.0. The van der Waals surface area contributed by atoms with E-state index in [1.807, 2.05) is 0 Å². The van der Waals surface area contributed by atoms with Crippen LogP contribution in [0.15, 0.2) is 0 Å². The van der Waals surface area contributed by atoms with Gasteiger partial charge in [0.25, 0.3) is 0 Å². The van der Waals surface area contributed by atoms with Crippen molar-refractivity contribution >= 4 is 5.78 Å². The Hall–Kier alpha value is 3.68. The molecule has 10 heavy (non-hydrogen) atoms. The quantitative estimate of drug-likeness (QED) is 0.292. The van der Waals surface area contributed by atoms with Crippen LogP contribution in [0.1, 0.15) is 6.92 Å². The predicted octanol–water partition coefficient (Wildman–Crippen LogP) is -2.26. The van der Waals surface area contributed by atoms with E-state index in [9.17, 15) is 4.79 Å². The molecule has 0 fully saturated rings. The molecule has 54 valence electrons. The predicted molar refractivity (Wildman–Crippen MR) is 24.3 cm³/mol. The summed E-state index contributed by atoms with van der Waals surface area (Å²) in [5.74, 6) is -0.00231. The van der Waals surface area contributed by atoms with Crippen LogP contribution in [-0.2, 0) is 45.6 Å². The number of ketones is 1. The minimum atomic E-state index is -0.00231. The van der Waals surface area contributed by atoms with Crippen LogP contribution >= 0.6 is 0 Å². The summed E-state index contributed by atoms with van der Waals surface area (Å²) in [4.78, 5) is 9.89. The molecule has 0 aromatic heterocycles. The van der Waals surface area contributed by atoms with Gasteiger partial charge in [0.15, 0.2) is 0 Å². The Balaban J connectivity index is -0.0000000208. The van der Waals surface area contributed by atoms with Crippen LogP contribution in [0.3, 0.4) is 0 Å². The van der Waals surface area contributed by atoms with Gasteiger partial charge in [0.05, 0.1) is 0 Å². The molecular weight excluding hydrogens is 774 g/mol. The first kappa shape index (κ1) is 29.2. The second kappa shape index (κ2) is 23.0. The maximum atomic E-state index is 9.89. The fourth-order valence-electron chi connectivity index (χ4n) is 0.182. The number of hydrogen-bond donors (Lipinski definition) is 0. The third kappa shape index (κ3) is 29.9. The first-order valence-corrected chi connectivity index (χ1v) is 1.70. The van der Waals surface area contributed by atoms with Gasteiger partial charge in [-0.05, 0) is 12.7 Å². The van der Waals surface area contributed by atoms with E-state index in [0.717, 1.165) is 0 Å².